The molecule has 23 heavy (non-hydrogen) atoms. The molecule has 0 amide bonds. The first-order valence-electron chi connectivity index (χ1n) is 6.75. The number of hydrogen-bond acceptors (Lipinski definition) is 5. The maximum atomic E-state index is 11.5. The molecule has 0 radical (unpaired) electrons. The Morgan fingerprint density at radius 3 is 2.04 bits per heavy atom. The number of methoxy groups -OCH3 is 2. The molecule has 0 heterocycles. The fraction of sp³-hybridized carbons (Fsp3) is 0.235. The van der Waals surface area contributed by atoms with Gasteiger partial charge < -0.3 is 24.5 Å². The molecule has 0 aliphatic rings. The van der Waals surface area contributed by atoms with Crippen LogP contribution in [0.15, 0.2) is 42.5 Å². The van der Waals surface area contributed by atoms with Crippen molar-refractivity contribution in [2.24, 2.45) is 0 Å². The van der Waals surface area contributed by atoms with Gasteiger partial charge in [-0.1, -0.05) is 12.1 Å². The molecular weight excluding hydrogens is 307 g/mol. The predicted molar refractivity (Wildman–Crippen MR) is 79.1 cm³/mol. The third-order valence-electron chi connectivity index (χ3n) is 3.43. The number of benzene rings is 2. The first-order valence-corrected chi connectivity index (χ1v) is 6.75. The number of carbonyl (C=O) groups excluding carboxylic acids is 1. The number of hydrogen-bond donors (Lipinski definition) is 1. The smallest absolute Gasteiger partial charge is 0.549 e. The number of phenolic OH excluding ortho intramolecular Hbond substituents is 1. The summed E-state index contributed by atoms with van der Waals surface area (Å²) in [6.07, 6.45) is 0.237. The van der Waals surface area contributed by atoms with E-state index < -0.39 is 11.9 Å². The number of phenols is 1. The van der Waals surface area contributed by atoms with Crippen LogP contribution in [0, 0.1) is 0 Å². The average molecular weight is 324 g/mol. The summed E-state index contributed by atoms with van der Waals surface area (Å²) < 4.78 is 10.4. The molecule has 116 valence electrons. The van der Waals surface area contributed by atoms with E-state index in [-0.39, 0.29) is 41.7 Å². The van der Waals surface area contributed by atoms with Gasteiger partial charge in [-0.05, 0) is 41.8 Å². The van der Waals surface area contributed by atoms with Gasteiger partial charge >= 0.3 is 29.6 Å². The molecule has 2 aromatic rings. The van der Waals surface area contributed by atoms with Gasteiger partial charge in [0.25, 0.3) is 0 Å². The molecule has 0 aliphatic heterocycles. The molecule has 2 rings (SSSR count). The molecule has 0 saturated heterocycles. The van der Waals surface area contributed by atoms with Gasteiger partial charge in [0.2, 0.25) is 0 Å². The van der Waals surface area contributed by atoms with Crippen molar-refractivity contribution in [3.63, 3.8) is 0 Å². The summed E-state index contributed by atoms with van der Waals surface area (Å²) in [5.41, 5.74) is 1.33. The molecule has 6 heteroatoms. The van der Waals surface area contributed by atoms with Crippen molar-refractivity contribution in [2.45, 2.75) is 12.3 Å². The topological polar surface area (TPSA) is 78.8 Å². The van der Waals surface area contributed by atoms with Crippen molar-refractivity contribution in [3.8, 4) is 17.2 Å². The summed E-state index contributed by atoms with van der Waals surface area (Å²) in [4.78, 5) is 11.5. The van der Waals surface area contributed by atoms with Crippen molar-refractivity contribution in [3.05, 3.63) is 53.6 Å². The summed E-state index contributed by atoms with van der Waals surface area (Å²) in [5, 5.41) is 20.8. The van der Waals surface area contributed by atoms with Crippen LogP contribution in [0.4, 0.5) is 0 Å². The second-order valence-electron chi connectivity index (χ2n) is 4.89. The fourth-order valence-electron chi connectivity index (χ4n) is 2.26. The van der Waals surface area contributed by atoms with E-state index in [4.69, 9.17) is 9.47 Å². The first kappa shape index (κ1) is 19.4. The molecule has 0 spiro atoms. The van der Waals surface area contributed by atoms with E-state index in [9.17, 15) is 15.0 Å². The Labute approximate surface area is 157 Å². The first-order chi connectivity index (χ1) is 10.5. The molecule has 0 aromatic heterocycles. The molecular formula is C17H17NaO5. The summed E-state index contributed by atoms with van der Waals surface area (Å²) >= 11 is 0. The molecule has 0 aliphatic carbocycles. The van der Waals surface area contributed by atoms with Crippen LogP contribution >= 0.6 is 0 Å². The van der Waals surface area contributed by atoms with E-state index in [0.717, 1.165) is 5.56 Å². The van der Waals surface area contributed by atoms with Crippen LogP contribution in [0.3, 0.4) is 0 Å². The third-order valence-corrected chi connectivity index (χ3v) is 3.43. The Balaban J connectivity index is 0.00000264. The zero-order chi connectivity index (χ0) is 16.1. The van der Waals surface area contributed by atoms with Gasteiger partial charge in [0.15, 0.2) is 0 Å². The summed E-state index contributed by atoms with van der Waals surface area (Å²) in [7, 11) is 3.07. The van der Waals surface area contributed by atoms with Gasteiger partial charge in [-0.2, -0.15) is 0 Å². The summed E-state index contributed by atoms with van der Waals surface area (Å²) in [6.45, 7) is 0. The summed E-state index contributed by atoms with van der Waals surface area (Å²) in [6, 6.07) is 11.3. The van der Waals surface area contributed by atoms with Crippen LogP contribution < -0.4 is 44.1 Å². The van der Waals surface area contributed by atoms with Crippen molar-refractivity contribution in [1.29, 1.82) is 0 Å². The van der Waals surface area contributed by atoms with Crippen LogP contribution in [0.5, 0.6) is 17.2 Å². The molecule has 1 N–H and O–H groups in total. The van der Waals surface area contributed by atoms with E-state index >= 15 is 0 Å². The van der Waals surface area contributed by atoms with Gasteiger partial charge in [0, 0.05) is 18.0 Å². The molecule has 0 bridgehead atoms. The third kappa shape index (κ3) is 5.16. The van der Waals surface area contributed by atoms with Crippen LogP contribution in [-0.2, 0) is 11.2 Å². The number of aromatic hydroxyl groups is 1. The average Bonchev–Trinajstić information content (AvgIpc) is 2.53. The predicted octanol–water partition coefficient (Wildman–Crippen LogP) is -1.51. The van der Waals surface area contributed by atoms with E-state index in [1.165, 1.54) is 26.4 Å². The maximum absolute atomic E-state index is 11.5. The number of carboxylic acid groups (broad SMARTS) is 1. The second-order valence-corrected chi connectivity index (χ2v) is 4.89. The number of ether oxygens (including phenoxy) is 2. The van der Waals surface area contributed by atoms with Gasteiger partial charge in [0.1, 0.15) is 17.2 Å². The van der Waals surface area contributed by atoms with Gasteiger partial charge in [-0.15, -0.1) is 0 Å². The number of carbonyl (C=O) groups is 1. The second kappa shape index (κ2) is 8.82. The van der Waals surface area contributed by atoms with Crippen molar-refractivity contribution in [1.82, 2.24) is 0 Å². The SMILES string of the molecule is COc1cc(CC(C(=O)[O-])c2ccc(O)cc2)cc(OC)c1.[Na+]. The van der Waals surface area contributed by atoms with Gasteiger partial charge in [-0.25, -0.2) is 0 Å². The number of aliphatic carboxylic acids is 1. The van der Waals surface area contributed by atoms with Crippen molar-refractivity contribution in [2.75, 3.05) is 14.2 Å². The van der Waals surface area contributed by atoms with Crippen LogP contribution in [0.2, 0.25) is 0 Å². The fourth-order valence-corrected chi connectivity index (χ4v) is 2.26. The minimum absolute atomic E-state index is 0. The normalized spacial score (nSPS) is 11.2. The zero-order valence-corrected chi connectivity index (χ0v) is 15.4. The molecule has 1 atom stereocenters. The Kier molecular flexibility index (Phi) is 7.42. The standard InChI is InChI=1S/C17H18O5.Na/c1-21-14-7-11(8-15(10-14)22-2)9-16(17(19)20)12-3-5-13(18)6-4-12;/h3-8,10,16,18H,9H2,1-2H3,(H,19,20);/q;+1/p-1. The van der Waals surface area contributed by atoms with Crippen molar-refractivity contribution < 1.29 is 54.0 Å². The maximum Gasteiger partial charge on any atom is 1.00 e. The van der Waals surface area contributed by atoms with Crippen LogP contribution in [0.25, 0.3) is 0 Å². The Hall–Kier alpha value is -1.69. The van der Waals surface area contributed by atoms with E-state index in [0.29, 0.717) is 17.1 Å². The van der Waals surface area contributed by atoms with Gasteiger partial charge in [0.05, 0.1) is 14.2 Å². The Bertz CT molecular complexity index is 632. The van der Waals surface area contributed by atoms with Crippen LogP contribution in [-0.4, -0.2) is 25.3 Å². The molecule has 1 unspecified atom stereocenters. The molecule has 2 aromatic carbocycles. The summed E-state index contributed by atoms with van der Waals surface area (Å²) in [5.74, 6) is -0.719. The van der Waals surface area contributed by atoms with Crippen LogP contribution in [0.1, 0.15) is 17.0 Å². The molecule has 0 fully saturated rings. The van der Waals surface area contributed by atoms with E-state index in [1.807, 2.05) is 0 Å². The van der Waals surface area contributed by atoms with E-state index in [2.05, 4.69) is 0 Å². The Morgan fingerprint density at radius 1 is 1.09 bits per heavy atom. The molecule has 5 nitrogen and oxygen atoms in total. The molecule has 0 saturated carbocycles. The minimum Gasteiger partial charge on any atom is -0.549 e. The number of carboxylic acids is 1. The Morgan fingerprint density at radius 2 is 1.61 bits per heavy atom. The van der Waals surface area contributed by atoms with Gasteiger partial charge in [-0.3, -0.25) is 0 Å². The zero-order valence-electron chi connectivity index (χ0n) is 13.4. The monoisotopic (exact) mass is 324 g/mol. The largest absolute Gasteiger partial charge is 1.00 e. The van der Waals surface area contributed by atoms with Crippen molar-refractivity contribution >= 4 is 5.97 Å². The quantitative estimate of drug-likeness (QED) is 0.654. The van der Waals surface area contributed by atoms with E-state index in [1.54, 1.807) is 30.3 Å². The number of rotatable bonds is 6. The minimum atomic E-state index is -1.17.